The fraction of sp³-hybridized carbons (Fsp3) is 0.200. The van der Waals surface area contributed by atoms with E-state index < -0.39 is 18.1 Å². The highest BCUT2D eigenvalue weighted by Crippen LogP contribution is 2.48. The van der Waals surface area contributed by atoms with E-state index in [0.29, 0.717) is 11.3 Å². The Labute approximate surface area is 179 Å². The van der Waals surface area contributed by atoms with Gasteiger partial charge in [-0.15, -0.1) is 0 Å². The molecule has 0 aromatic heterocycles. The third-order valence-electron chi connectivity index (χ3n) is 6.00. The number of hydrogen-bond acceptors (Lipinski definition) is 4. The summed E-state index contributed by atoms with van der Waals surface area (Å²) >= 11 is 0. The van der Waals surface area contributed by atoms with Gasteiger partial charge in [0.25, 0.3) is 5.91 Å². The van der Waals surface area contributed by atoms with Crippen LogP contribution in [0.1, 0.15) is 22.7 Å². The van der Waals surface area contributed by atoms with Crippen LogP contribution in [0.15, 0.2) is 72.8 Å². The first-order valence-corrected chi connectivity index (χ1v) is 10.2. The number of amides is 2. The number of fused-ring (bicyclic) bond motifs is 1. The van der Waals surface area contributed by atoms with Crippen molar-refractivity contribution in [2.24, 2.45) is 5.92 Å². The topological polar surface area (TPSA) is 49.9 Å². The molecule has 2 amide bonds. The highest BCUT2D eigenvalue weighted by molar-refractivity contribution is 6.24. The number of para-hydroxylation sites is 2. The van der Waals surface area contributed by atoms with Crippen LogP contribution >= 0.6 is 0 Å². The summed E-state index contributed by atoms with van der Waals surface area (Å²) in [7, 11) is 0. The Morgan fingerprint density at radius 3 is 2.10 bits per heavy atom. The summed E-state index contributed by atoms with van der Waals surface area (Å²) in [6, 6.07) is 20.4. The molecule has 2 saturated heterocycles. The summed E-state index contributed by atoms with van der Waals surface area (Å²) in [4.78, 5) is 34.4. The number of rotatable bonds is 3. The fourth-order valence-corrected chi connectivity index (χ4v) is 4.59. The van der Waals surface area contributed by atoms with Crippen molar-refractivity contribution >= 4 is 23.2 Å². The molecule has 2 aliphatic rings. The molecule has 0 bridgehead atoms. The van der Waals surface area contributed by atoms with Crippen molar-refractivity contribution in [3.8, 4) is 0 Å². The molecule has 5 rings (SSSR count). The first-order chi connectivity index (χ1) is 15.0. The van der Waals surface area contributed by atoms with Crippen LogP contribution in [0.25, 0.3) is 0 Å². The van der Waals surface area contributed by atoms with Gasteiger partial charge in [-0.25, -0.2) is 14.4 Å². The van der Waals surface area contributed by atoms with Crippen molar-refractivity contribution in [2.75, 3.05) is 9.96 Å². The smallest absolute Gasteiger partial charge is 0.266 e. The van der Waals surface area contributed by atoms with Gasteiger partial charge in [0, 0.05) is 0 Å². The van der Waals surface area contributed by atoms with E-state index >= 15 is 0 Å². The van der Waals surface area contributed by atoms with Gasteiger partial charge < -0.3 is 0 Å². The monoisotopic (exact) mass is 416 g/mol. The van der Waals surface area contributed by atoms with Gasteiger partial charge in [-0.2, -0.15) is 0 Å². The number of hydrogen-bond donors (Lipinski definition) is 0. The molecule has 3 atom stereocenters. The number of imide groups is 1. The Morgan fingerprint density at radius 2 is 1.45 bits per heavy atom. The molecule has 6 heteroatoms. The van der Waals surface area contributed by atoms with Crippen LogP contribution in [-0.2, 0) is 14.4 Å². The van der Waals surface area contributed by atoms with E-state index in [1.54, 1.807) is 17.2 Å². The van der Waals surface area contributed by atoms with Gasteiger partial charge in [0.05, 0.1) is 17.4 Å². The van der Waals surface area contributed by atoms with Gasteiger partial charge in [0.1, 0.15) is 11.7 Å². The third kappa shape index (κ3) is 3.02. The van der Waals surface area contributed by atoms with Gasteiger partial charge in [-0.05, 0) is 54.8 Å². The molecule has 0 N–H and O–H groups in total. The van der Waals surface area contributed by atoms with Crippen LogP contribution in [-0.4, -0.2) is 17.9 Å². The predicted molar refractivity (Wildman–Crippen MR) is 115 cm³/mol. The standard InChI is InChI=1S/C25H21FN2O3/c1-15-7-6-8-16(2)21(15)27-24(29)20-22(17-11-13-18(26)14-12-17)28(31-23(20)25(27)30)19-9-4-3-5-10-19/h3-14,20,22-23H,1-2H3/t20-,22+,23+/m0/s1. The first kappa shape index (κ1) is 19.5. The lowest BCUT2D eigenvalue weighted by atomic mass is 9.90. The highest BCUT2D eigenvalue weighted by Gasteiger charge is 2.60. The zero-order chi connectivity index (χ0) is 21.7. The minimum atomic E-state index is -0.943. The van der Waals surface area contributed by atoms with Gasteiger partial charge in [-0.1, -0.05) is 48.5 Å². The molecule has 156 valence electrons. The summed E-state index contributed by atoms with van der Waals surface area (Å²) in [5.74, 6) is -1.79. The van der Waals surface area contributed by atoms with Gasteiger partial charge in [0.2, 0.25) is 5.91 Å². The summed E-state index contributed by atoms with van der Waals surface area (Å²) in [6.07, 6.45) is -0.943. The lowest BCUT2D eigenvalue weighted by molar-refractivity contribution is -0.126. The second-order valence-electron chi connectivity index (χ2n) is 7.96. The number of carbonyl (C=O) groups excluding carboxylic acids is 2. The largest absolute Gasteiger partial charge is 0.273 e. The lowest BCUT2D eigenvalue weighted by Crippen LogP contribution is -2.38. The maximum atomic E-state index is 13.7. The fourth-order valence-electron chi connectivity index (χ4n) is 4.59. The van der Waals surface area contributed by atoms with Crippen molar-refractivity contribution in [1.29, 1.82) is 0 Å². The molecule has 0 unspecified atom stereocenters. The number of anilines is 2. The third-order valence-corrected chi connectivity index (χ3v) is 6.00. The van der Waals surface area contributed by atoms with E-state index in [1.807, 2.05) is 62.4 Å². The number of benzene rings is 3. The van der Waals surface area contributed by atoms with Crippen LogP contribution in [0.2, 0.25) is 0 Å². The molecule has 5 nitrogen and oxygen atoms in total. The molecular weight excluding hydrogens is 395 g/mol. The summed E-state index contributed by atoms with van der Waals surface area (Å²) < 4.78 is 13.6. The van der Waals surface area contributed by atoms with Crippen molar-refractivity contribution in [1.82, 2.24) is 0 Å². The van der Waals surface area contributed by atoms with Crippen LogP contribution < -0.4 is 9.96 Å². The summed E-state index contributed by atoms with van der Waals surface area (Å²) in [5.41, 5.74) is 3.74. The zero-order valence-electron chi connectivity index (χ0n) is 17.2. The number of hydroxylamine groups is 1. The van der Waals surface area contributed by atoms with Gasteiger partial charge >= 0.3 is 0 Å². The average Bonchev–Trinajstić information content (AvgIpc) is 3.27. The predicted octanol–water partition coefficient (Wildman–Crippen LogP) is 4.49. The molecule has 2 heterocycles. The molecule has 2 fully saturated rings. The van der Waals surface area contributed by atoms with E-state index in [2.05, 4.69) is 0 Å². The van der Waals surface area contributed by atoms with E-state index in [9.17, 15) is 14.0 Å². The minimum absolute atomic E-state index is 0.305. The zero-order valence-corrected chi connectivity index (χ0v) is 17.2. The Kier molecular flexibility index (Phi) is 4.59. The maximum absolute atomic E-state index is 13.7. The Morgan fingerprint density at radius 1 is 0.806 bits per heavy atom. The Bertz CT molecular complexity index is 1140. The van der Waals surface area contributed by atoms with E-state index in [0.717, 1.165) is 16.8 Å². The number of halogens is 1. The van der Waals surface area contributed by atoms with Crippen LogP contribution in [0, 0.1) is 25.6 Å². The van der Waals surface area contributed by atoms with Crippen LogP contribution in [0.5, 0.6) is 0 Å². The average molecular weight is 416 g/mol. The second-order valence-corrected chi connectivity index (χ2v) is 7.96. The van der Waals surface area contributed by atoms with E-state index in [-0.39, 0.29) is 17.6 Å². The Balaban J connectivity index is 1.61. The van der Waals surface area contributed by atoms with E-state index in [4.69, 9.17) is 4.84 Å². The molecule has 2 aliphatic heterocycles. The SMILES string of the molecule is Cc1cccc(C)c1N1C(=O)[C@H]2[C@@H](c3ccc(F)cc3)N(c3ccccc3)O[C@H]2C1=O. The van der Waals surface area contributed by atoms with Crippen molar-refractivity contribution in [2.45, 2.75) is 26.0 Å². The summed E-state index contributed by atoms with van der Waals surface area (Å²) in [6.45, 7) is 3.76. The van der Waals surface area contributed by atoms with Crippen LogP contribution in [0.3, 0.4) is 0 Å². The van der Waals surface area contributed by atoms with Gasteiger partial charge in [-0.3, -0.25) is 14.4 Å². The molecular formula is C25H21FN2O3. The lowest BCUT2D eigenvalue weighted by Gasteiger charge is -2.29. The highest BCUT2D eigenvalue weighted by atomic mass is 19.1. The van der Waals surface area contributed by atoms with Crippen molar-refractivity contribution < 1.29 is 18.8 Å². The number of nitrogens with zero attached hydrogens (tertiary/aromatic N) is 2. The molecule has 0 aliphatic carbocycles. The second kappa shape index (κ2) is 7.32. The number of aryl methyl sites for hydroxylation is 2. The van der Waals surface area contributed by atoms with Crippen LogP contribution in [0.4, 0.5) is 15.8 Å². The van der Waals surface area contributed by atoms with Crippen molar-refractivity contribution in [3.63, 3.8) is 0 Å². The normalized spacial score (nSPS) is 22.9. The quantitative estimate of drug-likeness (QED) is 0.590. The number of carbonyl (C=O) groups is 2. The molecule has 0 spiro atoms. The molecule has 3 aromatic rings. The van der Waals surface area contributed by atoms with E-state index in [1.165, 1.54) is 17.0 Å². The summed E-state index contributed by atoms with van der Waals surface area (Å²) in [5, 5.41) is 1.61. The Hall–Kier alpha value is -3.51. The first-order valence-electron chi connectivity index (χ1n) is 10.2. The molecule has 0 radical (unpaired) electrons. The maximum Gasteiger partial charge on any atom is 0.266 e. The molecule has 0 saturated carbocycles. The minimum Gasteiger partial charge on any atom is -0.273 e. The molecule has 31 heavy (non-hydrogen) atoms. The molecule has 3 aromatic carbocycles. The van der Waals surface area contributed by atoms with Gasteiger partial charge in [0.15, 0.2) is 6.10 Å². The van der Waals surface area contributed by atoms with Crippen molar-refractivity contribution in [3.05, 3.63) is 95.3 Å².